The fourth-order valence-corrected chi connectivity index (χ4v) is 3.15. The largest absolute Gasteiger partial charge is 0.365 e. The number of nitriles is 1. The van der Waals surface area contributed by atoms with Crippen molar-refractivity contribution in [1.29, 1.82) is 5.26 Å². The van der Waals surface area contributed by atoms with Gasteiger partial charge in [0.2, 0.25) is 0 Å². The van der Waals surface area contributed by atoms with Gasteiger partial charge in [0.15, 0.2) is 0 Å². The Morgan fingerprint density at radius 1 is 1.30 bits per heavy atom. The van der Waals surface area contributed by atoms with Gasteiger partial charge in [-0.05, 0) is 38.8 Å². The number of pyridine rings is 1. The van der Waals surface area contributed by atoms with E-state index in [1.165, 1.54) is 4.88 Å². The summed E-state index contributed by atoms with van der Waals surface area (Å²) in [5, 5.41) is 13.5. The first-order chi connectivity index (χ1) is 9.55. The first-order valence-electron chi connectivity index (χ1n) is 6.62. The predicted octanol–water partition coefficient (Wildman–Crippen LogP) is 3.51. The van der Waals surface area contributed by atoms with Gasteiger partial charge >= 0.3 is 0 Å². The van der Waals surface area contributed by atoms with Crippen LogP contribution in [0.15, 0.2) is 6.07 Å². The second kappa shape index (κ2) is 6.02. The van der Waals surface area contributed by atoms with Crippen LogP contribution >= 0.6 is 11.3 Å². The first-order valence-corrected chi connectivity index (χ1v) is 7.44. The number of nitrogens with one attached hydrogen (secondary N) is 1. The molecule has 4 nitrogen and oxygen atoms in total. The van der Waals surface area contributed by atoms with Crippen molar-refractivity contribution >= 4 is 17.2 Å². The summed E-state index contributed by atoms with van der Waals surface area (Å²) in [5.41, 5.74) is 3.55. The molecule has 0 aliphatic carbocycles. The number of aryl methyl sites for hydroxylation is 4. The fourth-order valence-electron chi connectivity index (χ4n) is 2.19. The van der Waals surface area contributed by atoms with Crippen molar-refractivity contribution < 1.29 is 0 Å². The minimum absolute atomic E-state index is 0.665. The maximum atomic E-state index is 9.05. The van der Waals surface area contributed by atoms with Crippen LogP contribution in [0.4, 0.5) is 5.82 Å². The Morgan fingerprint density at radius 3 is 2.65 bits per heavy atom. The highest BCUT2D eigenvalue weighted by Crippen LogP contribution is 2.21. The third-order valence-corrected chi connectivity index (χ3v) is 4.17. The van der Waals surface area contributed by atoms with E-state index in [-0.39, 0.29) is 0 Å². The van der Waals surface area contributed by atoms with Crippen molar-refractivity contribution in [2.75, 3.05) is 5.32 Å². The molecule has 0 unspecified atom stereocenters. The van der Waals surface area contributed by atoms with Crippen LogP contribution in [0.3, 0.4) is 0 Å². The third kappa shape index (κ3) is 2.97. The molecular weight excluding hydrogens is 268 g/mol. The standard InChI is InChI=1S/C15H18N4S/c1-5-13-14(20-11(4)19-13)8-17-15-6-9(2)12(7-16)10(3)18-15/h6H,5,8H2,1-4H3,(H,17,18). The molecule has 2 aromatic heterocycles. The van der Waals surface area contributed by atoms with Crippen molar-refractivity contribution in [1.82, 2.24) is 9.97 Å². The van der Waals surface area contributed by atoms with Gasteiger partial charge < -0.3 is 5.32 Å². The van der Waals surface area contributed by atoms with Gasteiger partial charge in [-0.3, -0.25) is 0 Å². The highest BCUT2D eigenvalue weighted by Gasteiger charge is 2.09. The quantitative estimate of drug-likeness (QED) is 0.934. The maximum Gasteiger partial charge on any atom is 0.126 e. The molecule has 5 heteroatoms. The van der Waals surface area contributed by atoms with E-state index in [0.29, 0.717) is 5.56 Å². The third-order valence-electron chi connectivity index (χ3n) is 3.16. The van der Waals surface area contributed by atoms with Crippen LogP contribution in [0.5, 0.6) is 0 Å². The smallest absolute Gasteiger partial charge is 0.126 e. The van der Waals surface area contributed by atoms with Gasteiger partial charge in [-0.15, -0.1) is 11.3 Å². The minimum Gasteiger partial charge on any atom is -0.365 e. The lowest BCUT2D eigenvalue weighted by Gasteiger charge is -2.09. The normalized spacial score (nSPS) is 10.3. The Hall–Kier alpha value is -1.93. The lowest BCUT2D eigenvalue weighted by Crippen LogP contribution is -2.04. The number of hydrogen-bond acceptors (Lipinski definition) is 5. The van der Waals surface area contributed by atoms with Gasteiger partial charge in [-0.1, -0.05) is 6.92 Å². The maximum absolute atomic E-state index is 9.05. The summed E-state index contributed by atoms with van der Waals surface area (Å²) in [6.45, 7) is 8.68. The fraction of sp³-hybridized carbons (Fsp3) is 0.400. The average molecular weight is 286 g/mol. The highest BCUT2D eigenvalue weighted by molar-refractivity contribution is 7.11. The van der Waals surface area contributed by atoms with E-state index in [9.17, 15) is 0 Å². The van der Waals surface area contributed by atoms with E-state index in [1.807, 2.05) is 26.8 Å². The summed E-state index contributed by atoms with van der Waals surface area (Å²) in [6, 6.07) is 4.11. The molecule has 0 spiro atoms. The molecule has 0 atom stereocenters. The molecule has 0 bridgehead atoms. The number of thiazole rings is 1. The Kier molecular flexibility index (Phi) is 4.35. The Morgan fingerprint density at radius 2 is 2.05 bits per heavy atom. The van der Waals surface area contributed by atoms with E-state index in [2.05, 4.69) is 28.3 Å². The number of aromatic nitrogens is 2. The van der Waals surface area contributed by atoms with Crippen LogP contribution in [0, 0.1) is 32.1 Å². The van der Waals surface area contributed by atoms with E-state index in [0.717, 1.165) is 40.7 Å². The van der Waals surface area contributed by atoms with Crippen LogP contribution in [-0.4, -0.2) is 9.97 Å². The molecule has 0 saturated carbocycles. The molecule has 0 aliphatic rings. The summed E-state index contributed by atoms with van der Waals surface area (Å²) in [7, 11) is 0. The van der Waals surface area contributed by atoms with Gasteiger partial charge in [-0.2, -0.15) is 5.26 Å². The first kappa shape index (κ1) is 14.5. The van der Waals surface area contributed by atoms with Crippen molar-refractivity contribution in [2.45, 2.75) is 40.7 Å². The molecule has 0 amide bonds. The van der Waals surface area contributed by atoms with Crippen molar-refractivity contribution in [2.24, 2.45) is 0 Å². The van der Waals surface area contributed by atoms with Crippen LogP contribution in [0.25, 0.3) is 0 Å². The molecule has 20 heavy (non-hydrogen) atoms. The molecular formula is C15H18N4S. The van der Waals surface area contributed by atoms with Gasteiger partial charge in [0, 0.05) is 4.88 Å². The van der Waals surface area contributed by atoms with Crippen molar-refractivity contribution in [3.63, 3.8) is 0 Å². The monoisotopic (exact) mass is 286 g/mol. The van der Waals surface area contributed by atoms with Crippen LogP contribution < -0.4 is 5.32 Å². The molecule has 0 aliphatic heterocycles. The Balaban J connectivity index is 2.17. The zero-order chi connectivity index (χ0) is 14.7. The summed E-state index contributed by atoms with van der Waals surface area (Å²) in [4.78, 5) is 10.2. The lowest BCUT2D eigenvalue weighted by atomic mass is 10.1. The summed E-state index contributed by atoms with van der Waals surface area (Å²) < 4.78 is 0. The van der Waals surface area contributed by atoms with E-state index in [4.69, 9.17) is 5.26 Å². The average Bonchev–Trinajstić information content (AvgIpc) is 2.76. The van der Waals surface area contributed by atoms with Crippen LogP contribution in [-0.2, 0) is 13.0 Å². The SMILES string of the molecule is CCc1nc(C)sc1CNc1cc(C)c(C#N)c(C)n1. The second-order valence-electron chi connectivity index (χ2n) is 4.71. The molecule has 104 valence electrons. The molecule has 0 saturated heterocycles. The van der Waals surface area contributed by atoms with Gasteiger partial charge in [0.25, 0.3) is 0 Å². The molecule has 2 rings (SSSR count). The van der Waals surface area contributed by atoms with Gasteiger partial charge in [0.1, 0.15) is 11.9 Å². The number of anilines is 1. The van der Waals surface area contributed by atoms with Crippen LogP contribution in [0.2, 0.25) is 0 Å². The van der Waals surface area contributed by atoms with Gasteiger partial charge in [-0.25, -0.2) is 9.97 Å². The number of nitrogens with zero attached hydrogens (tertiary/aromatic N) is 3. The molecule has 1 N–H and O–H groups in total. The molecule has 2 aromatic rings. The zero-order valence-electron chi connectivity index (χ0n) is 12.2. The molecule has 0 radical (unpaired) electrons. The molecule has 0 fully saturated rings. The van der Waals surface area contributed by atoms with E-state index in [1.54, 1.807) is 11.3 Å². The molecule has 2 heterocycles. The topological polar surface area (TPSA) is 61.6 Å². The van der Waals surface area contributed by atoms with Crippen molar-refractivity contribution in [3.05, 3.63) is 38.5 Å². The minimum atomic E-state index is 0.665. The number of rotatable bonds is 4. The lowest BCUT2D eigenvalue weighted by molar-refractivity contribution is 0.993. The zero-order valence-corrected chi connectivity index (χ0v) is 13.1. The predicted molar refractivity (Wildman–Crippen MR) is 82.0 cm³/mol. The summed E-state index contributed by atoms with van der Waals surface area (Å²) in [5.74, 6) is 0.812. The van der Waals surface area contributed by atoms with E-state index >= 15 is 0 Å². The summed E-state index contributed by atoms with van der Waals surface area (Å²) in [6.07, 6.45) is 0.945. The van der Waals surface area contributed by atoms with Crippen molar-refractivity contribution in [3.8, 4) is 6.07 Å². The van der Waals surface area contributed by atoms with Gasteiger partial charge in [0.05, 0.1) is 28.5 Å². The van der Waals surface area contributed by atoms with E-state index < -0.39 is 0 Å². The highest BCUT2D eigenvalue weighted by atomic mass is 32.1. The Bertz CT molecular complexity index is 644. The summed E-state index contributed by atoms with van der Waals surface area (Å²) >= 11 is 1.72. The molecule has 0 aromatic carbocycles. The number of hydrogen-bond donors (Lipinski definition) is 1. The van der Waals surface area contributed by atoms with Crippen LogP contribution in [0.1, 0.15) is 39.3 Å². The Labute approximate surface area is 123 Å². The second-order valence-corrected chi connectivity index (χ2v) is 5.99.